The summed E-state index contributed by atoms with van der Waals surface area (Å²) in [6.07, 6.45) is 2.74. The van der Waals surface area contributed by atoms with Gasteiger partial charge >= 0.3 is 53.1 Å². The molecular weight excluding hydrogens is 179 g/mol. The monoisotopic (exact) mass is 191 g/mol. The molecular formula is C5H11Sn. The molecule has 3 radical (unpaired) electrons. The summed E-state index contributed by atoms with van der Waals surface area (Å²) >= 11 is 1.70. The average Bonchev–Trinajstić information content (AvgIpc) is 1.65. The van der Waals surface area contributed by atoms with Crippen molar-refractivity contribution < 1.29 is 0 Å². The summed E-state index contributed by atoms with van der Waals surface area (Å²) in [6, 6.07) is 0. The van der Waals surface area contributed by atoms with Gasteiger partial charge in [0.25, 0.3) is 0 Å². The van der Waals surface area contributed by atoms with Gasteiger partial charge in [-0.25, -0.2) is 0 Å². The van der Waals surface area contributed by atoms with Crippen LogP contribution in [0.25, 0.3) is 0 Å². The van der Waals surface area contributed by atoms with Crippen molar-refractivity contribution in [3.63, 3.8) is 0 Å². The van der Waals surface area contributed by atoms with Crippen molar-refractivity contribution in [2.24, 2.45) is 0 Å². The van der Waals surface area contributed by atoms with Crippen LogP contribution in [0.15, 0.2) is 0 Å². The van der Waals surface area contributed by atoms with E-state index >= 15 is 0 Å². The van der Waals surface area contributed by atoms with Crippen LogP contribution in [0.2, 0.25) is 3.93 Å². The minimum atomic E-state index is 1.03. The van der Waals surface area contributed by atoms with Crippen LogP contribution < -0.4 is 0 Å². The Bertz CT molecular complexity index is 23.1. The molecule has 0 amide bonds. The molecule has 0 fully saturated rings. The van der Waals surface area contributed by atoms with Crippen LogP contribution in [0.1, 0.15) is 26.7 Å². The zero-order chi connectivity index (χ0) is 4.99. The standard InChI is InChI=1S/C5H11.Sn/c1-3-5-4-2;/h5H,3-4H2,1-2H3;. The second-order valence-electron chi connectivity index (χ2n) is 1.51. The van der Waals surface area contributed by atoms with Gasteiger partial charge in [-0.05, 0) is 0 Å². The van der Waals surface area contributed by atoms with Crippen molar-refractivity contribution in [3.8, 4) is 0 Å². The van der Waals surface area contributed by atoms with Gasteiger partial charge in [-0.3, -0.25) is 0 Å². The summed E-state index contributed by atoms with van der Waals surface area (Å²) in [6.45, 7) is 4.51. The van der Waals surface area contributed by atoms with E-state index in [4.69, 9.17) is 0 Å². The van der Waals surface area contributed by atoms with Gasteiger partial charge in [0.15, 0.2) is 0 Å². The van der Waals surface area contributed by atoms with Crippen molar-refractivity contribution in [3.05, 3.63) is 0 Å². The van der Waals surface area contributed by atoms with Gasteiger partial charge in [-0.2, -0.15) is 0 Å². The van der Waals surface area contributed by atoms with Crippen LogP contribution in [-0.4, -0.2) is 22.5 Å². The zero-order valence-electron chi connectivity index (χ0n) is 4.49. The van der Waals surface area contributed by atoms with Crippen LogP contribution in [-0.2, 0) is 0 Å². The van der Waals surface area contributed by atoms with Crippen molar-refractivity contribution in [1.82, 2.24) is 0 Å². The molecule has 0 aliphatic carbocycles. The molecule has 0 saturated heterocycles. The summed E-state index contributed by atoms with van der Waals surface area (Å²) in [5, 5.41) is 0. The Balaban J connectivity index is 2.75. The molecule has 0 aromatic carbocycles. The predicted octanol–water partition coefficient (Wildman–Crippen LogP) is 1.76. The Morgan fingerprint density at radius 3 is 1.67 bits per heavy atom. The van der Waals surface area contributed by atoms with E-state index in [1.54, 1.807) is 22.5 Å². The van der Waals surface area contributed by atoms with Crippen molar-refractivity contribution >= 4 is 22.5 Å². The van der Waals surface area contributed by atoms with E-state index in [9.17, 15) is 0 Å². The van der Waals surface area contributed by atoms with E-state index in [2.05, 4.69) is 13.8 Å². The molecule has 6 heavy (non-hydrogen) atoms. The van der Waals surface area contributed by atoms with Crippen LogP contribution in [0.5, 0.6) is 0 Å². The molecule has 0 bridgehead atoms. The van der Waals surface area contributed by atoms with Crippen molar-refractivity contribution in [1.29, 1.82) is 0 Å². The quantitative estimate of drug-likeness (QED) is 0.581. The number of hydrogen-bond acceptors (Lipinski definition) is 0. The minimum absolute atomic E-state index is 1.03. The Labute approximate surface area is 53.4 Å². The fraction of sp³-hybridized carbons (Fsp3) is 1.00. The first-order chi connectivity index (χ1) is 2.81. The van der Waals surface area contributed by atoms with Gasteiger partial charge in [0.1, 0.15) is 0 Å². The molecule has 0 aliphatic heterocycles. The molecule has 0 unspecified atom stereocenters. The molecule has 0 aromatic heterocycles. The second kappa shape index (κ2) is 3.97. The average molecular weight is 190 g/mol. The first-order valence-corrected chi connectivity index (χ1v) is 4.17. The molecule has 0 heterocycles. The number of hydrogen-bond donors (Lipinski definition) is 0. The van der Waals surface area contributed by atoms with E-state index < -0.39 is 0 Å². The maximum atomic E-state index is 2.25. The van der Waals surface area contributed by atoms with Gasteiger partial charge in [0.05, 0.1) is 0 Å². The Hall–Kier alpha value is 0.799. The Kier molecular flexibility index (Phi) is 4.50. The fourth-order valence-electron chi connectivity index (χ4n) is 0.289. The van der Waals surface area contributed by atoms with Crippen LogP contribution in [0, 0.1) is 0 Å². The van der Waals surface area contributed by atoms with E-state index in [1.165, 1.54) is 12.8 Å². The molecule has 1 heteroatoms. The van der Waals surface area contributed by atoms with Crippen LogP contribution >= 0.6 is 0 Å². The molecule has 0 aromatic rings. The van der Waals surface area contributed by atoms with Gasteiger partial charge in [0, 0.05) is 0 Å². The molecule has 0 N–H and O–H groups in total. The first-order valence-electron chi connectivity index (χ1n) is 2.52. The van der Waals surface area contributed by atoms with Crippen molar-refractivity contribution in [2.45, 2.75) is 30.6 Å². The van der Waals surface area contributed by atoms with Gasteiger partial charge < -0.3 is 0 Å². The maximum absolute atomic E-state index is 2.25. The third-order valence-corrected chi connectivity index (χ3v) is 3.32. The predicted molar refractivity (Wildman–Crippen MR) is 30.1 cm³/mol. The molecule has 35 valence electrons. The van der Waals surface area contributed by atoms with Crippen LogP contribution in [0.3, 0.4) is 0 Å². The second-order valence-corrected chi connectivity index (χ2v) is 3.84. The fourth-order valence-corrected chi connectivity index (χ4v) is 0.289. The molecule has 0 nitrogen and oxygen atoms in total. The molecule has 0 aliphatic rings. The topological polar surface area (TPSA) is 0 Å². The van der Waals surface area contributed by atoms with Crippen molar-refractivity contribution in [2.75, 3.05) is 0 Å². The summed E-state index contributed by atoms with van der Waals surface area (Å²) in [7, 11) is 0. The first kappa shape index (κ1) is 6.80. The van der Waals surface area contributed by atoms with Crippen LogP contribution in [0.4, 0.5) is 0 Å². The third-order valence-electron chi connectivity index (χ3n) is 0.986. The normalized spacial score (nSPS) is 10.0. The Morgan fingerprint density at radius 1 is 1.33 bits per heavy atom. The third kappa shape index (κ3) is 3.01. The van der Waals surface area contributed by atoms with Gasteiger partial charge in [0.2, 0.25) is 0 Å². The zero-order valence-corrected chi connectivity index (χ0v) is 7.35. The van der Waals surface area contributed by atoms with Gasteiger partial charge in [-0.1, -0.05) is 0 Å². The van der Waals surface area contributed by atoms with E-state index in [0.717, 1.165) is 3.93 Å². The summed E-state index contributed by atoms with van der Waals surface area (Å²) in [4.78, 5) is 0. The summed E-state index contributed by atoms with van der Waals surface area (Å²) in [5.41, 5.74) is 0. The van der Waals surface area contributed by atoms with Gasteiger partial charge in [-0.15, -0.1) is 0 Å². The van der Waals surface area contributed by atoms with E-state index in [1.807, 2.05) is 0 Å². The van der Waals surface area contributed by atoms with E-state index in [0.29, 0.717) is 0 Å². The molecule has 0 saturated carbocycles. The SMILES string of the molecule is CC[CH]([Sn])CC. The Morgan fingerprint density at radius 2 is 1.67 bits per heavy atom. The molecule has 0 spiro atoms. The molecule has 0 rings (SSSR count). The summed E-state index contributed by atoms with van der Waals surface area (Å²) < 4.78 is 1.03. The van der Waals surface area contributed by atoms with E-state index in [-0.39, 0.29) is 0 Å². The molecule has 0 atom stereocenters. The summed E-state index contributed by atoms with van der Waals surface area (Å²) in [5.74, 6) is 0. The number of rotatable bonds is 2.